The van der Waals surface area contributed by atoms with Crippen LogP contribution in [-0.4, -0.2) is 40.3 Å². The van der Waals surface area contributed by atoms with Crippen molar-refractivity contribution in [3.8, 4) is 5.75 Å². The SMILES string of the molecule is CC(C)(C)N1N=C(C(F)(F)F)C(=Nc2ccc(OC(N)N)cc2)C1=N. The van der Waals surface area contributed by atoms with Gasteiger partial charge in [0.2, 0.25) is 6.35 Å². The highest BCUT2D eigenvalue weighted by Crippen LogP contribution is 2.29. The minimum absolute atomic E-state index is 0.213. The quantitative estimate of drug-likeness (QED) is 0.721. The molecule has 1 heterocycles. The number of nitrogens with zero attached hydrogens (tertiary/aromatic N) is 3. The van der Waals surface area contributed by atoms with Crippen LogP contribution in [0.3, 0.4) is 0 Å². The van der Waals surface area contributed by atoms with E-state index in [0.717, 1.165) is 5.01 Å². The summed E-state index contributed by atoms with van der Waals surface area (Å²) in [6, 6.07) is 5.81. The van der Waals surface area contributed by atoms with Crippen molar-refractivity contribution in [1.29, 1.82) is 5.41 Å². The Kier molecular flexibility index (Phi) is 4.87. The molecule has 0 radical (unpaired) electrons. The fraction of sp³-hybridized carbons (Fsp3) is 0.400. The number of amidine groups is 1. The van der Waals surface area contributed by atoms with Crippen LogP contribution in [0.25, 0.3) is 0 Å². The van der Waals surface area contributed by atoms with Gasteiger partial charge in [0, 0.05) is 0 Å². The van der Waals surface area contributed by atoms with Crippen molar-refractivity contribution in [2.45, 2.75) is 38.8 Å². The Balaban J connectivity index is 2.40. The van der Waals surface area contributed by atoms with Crippen LogP contribution in [0.2, 0.25) is 0 Å². The zero-order valence-corrected chi connectivity index (χ0v) is 13.9. The number of nitrogens with one attached hydrogen (secondary N) is 1. The fourth-order valence-corrected chi connectivity index (χ4v) is 2.08. The Hall–Kier alpha value is -2.46. The largest absolute Gasteiger partial charge is 0.463 e. The number of ether oxygens (including phenoxy) is 1. The van der Waals surface area contributed by atoms with Gasteiger partial charge in [0.05, 0.1) is 11.2 Å². The summed E-state index contributed by atoms with van der Waals surface area (Å²) in [5.74, 6) is -0.0642. The number of halogens is 3. The van der Waals surface area contributed by atoms with Crippen LogP contribution in [0.5, 0.6) is 5.75 Å². The van der Waals surface area contributed by atoms with E-state index in [2.05, 4.69) is 10.1 Å². The topological polar surface area (TPSA) is 113 Å². The highest BCUT2D eigenvalue weighted by atomic mass is 19.4. The molecule has 1 aliphatic rings. The molecule has 1 aromatic rings. The molecule has 0 amide bonds. The highest BCUT2D eigenvalue weighted by Gasteiger charge is 2.48. The second-order valence-electron chi connectivity index (χ2n) is 6.31. The summed E-state index contributed by atoms with van der Waals surface area (Å²) < 4.78 is 44.9. The zero-order valence-electron chi connectivity index (χ0n) is 13.9. The summed E-state index contributed by atoms with van der Waals surface area (Å²) >= 11 is 0. The lowest BCUT2D eigenvalue weighted by atomic mass is 10.1. The van der Waals surface area contributed by atoms with Gasteiger partial charge < -0.3 is 4.74 Å². The van der Waals surface area contributed by atoms with Crippen LogP contribution in [-0.2, 0) is 0 Å². The van der Waals surface area contributed by atoms with Crippen LogP contribution >= 0.6 is 0 Å². The lowest BCUT2D eigenvalue weighted by Gasteiger charge is -2.29. The second kappa shape index (κ2) is 6.45. The van der Waals surface area contributed by atoms with E-state index < -0.39 is 35.3 Å². The van der Waals surface area contributed by atoms with Crippen molar-refractivity contribution < 1.29 is 17.9 Å². The molecule has 0 spiro atoms. The van der Waals surface area contributed by atoms with Crippen LogP contribution in [0.4, 0.5) is 18.9 Å². The standard InChI is InChI=1S/C15H19F3N6O/c1-14(2,3)24-12(19)10(11(23-24)15(16,17)18)22-8-4-6-9(7-5-8)25-13(20)21/h4-7,13,19H,20-21H2,1-3H3. The number of aliphatic imine (C=N–C) groups is 1. The lowest BCUT2D eigenvalue weighted by molar-refractivity contribution is -0.0573. The number of rotatable bonds is 3. The molecular weight excluding hydrogens is 337 g/mol. The molecule has 10 heteroatoms. The number of hydrazone groups is 1. The van der Waals surface area contributed by atoms with Crippen molar-refractivity contribution >= 4 is 22.9 Å². The van der Waals surface area contributed by atoms with E-state index in [9.17, 15) is 13.2 Å². The third-order valence-corrected chi connectivity index (χ3v) is 3.11. The normalized spacial score (nSPS) is 17.5. The van der Waals surface area contributed by atoms with Gasteiger partial charge in [-0.1, -0.05) is 0 Å². The van der Waals surface area contributed by atoms with Gasteiger partial charge in [-0.15, -0.1) is 0 Å². The van der Waals surface area contributed by atoms with E-state index in [-0.39, 0.29) is 5.69 Å². The first-order valence-electron chi connectivity index (χ1n) is 7.31. The summed E-state index contributed by atoms with van der Waals surface area (Å²) in [5.41, 5.74) is 8.27. The minimum atomic E-state index is -4.72. The summed E-state index contributed by atoms with van der Waals surface area (Å²) in [5, 5.41) is 12.6. The molecule has 7 nitrogen and oxygen atoms in total. The smallest absolute Gasteiger partial charge is 0.437 e. The third kappa shape index (κ3) is 4.34. The number of alkyl halides is 3. The van der Waals surface area contributed by atoms with E-state index >= 15 is 0 Å². The summed E-state index contributed by atoms with van der Waals surface area (Å²) in [7, 11) is 0. The molecule has 0 aliphatic carbocycles. The average Bonchev–Trinajstić information content (AvgIpc) is 2.77. The third-order valence-electron chi connectivity index (χ3n) is 3.11. The predicted octanol–water partition coefficient (Wildman–Crippen LogP) is 2.35. The van der Waals surface area contributed by atoms with Gasteiger partial charge >= 0.3 is 6.18 Å². The first-order valence-corrected chi connectivity index (χ1v) is 7.31. The molecule has 5 N–H and O–H groups in total. The first kappa shape index (κ1) is 18.9. The number of nitrogens with two attached hydrogens (primary N) is 2. The second-order valence-corrected chi connectivity index (χ2v) is 6.31. The van der Waals surface area contributed by atoms with Gasteiger partial charge in [-0.25, -0.2) is 10.0 Å². The molecule has 0 bridgehead atoms. The first-order chi connectivity index (χ1) is 11.4. The van der Waals surface area contributed by atoms with E-state index in [0.29, 0.717) is 5.75 Å². The summed E-state index contributed by atoms with van der Waals surface area (Å²) in [6.07, 6.45) is -5.73. The number of benzene rings is 1. The molecule has 0 saturated heterocycles. The maximum Gasteiger partial charge on any atom is 0.437 e. The Labute approximate surface area is 142 Å². The molecule has 0 atom stereocenters. The van der Waals surface area contributed by atoms with E-state index in [1.165, 1.54) is 24.3 Å². The Bertz CT molecular complexity index is 716. The van der Waals surface area contributed by atoms with Gasteiger partial charge in [0.25, 0.3) is 0 Å². The van der Waals surface area contributed by atoms with Gasteiger partial charge in [-0.2, -0.15) is 18.3 Å². The fourth-order valence-electron chi connectivity index (χ4n) is 2.08. The molecular formula is C15H19F3N6O. The maximum absolute atomic E-state index is 13.3. The van der Waals surface area contributed by atoms with Crippen LogP contribution in [0.15, 0.2) is 34.4 Å². The van der Waals surface area contributed by atoms with Crippen molar-refractivity contribution in [3.63, 3.8) is 0 Å². The molecule has 25 heavy (non-hydrogen) atoms. The maximum atomic E-state index is 13.3. The monoisotopic (exact) mass is 356 g/mol. The molecule has 0 aromatic heterocycles. The van der Waals surface area contributed by atoms with E-state index in [1.54, 1.807) is 20.8 Å². The predicted molar refractivity (Wildman–Crippen MR) is 89.1 cm³/mol. The number of hydrogen-bond donors (Lipinski definition) is 3. The molecule has 0 saturated carbocycles. The molecule has 1 aromatic carbocycles. The van der Waals surface area contributed by atoms with Gasteiger partial charge in [0.15, 0.2) is 11.5 Å². The van der Waals surface area contributed by atoms with Gasteiger partial charge in [0.1, 0.15) is 11.5 Å². The number of hydrogen-bond acceptors (Lipinski definition) is 6. The molecule has 1 aliphatic heterocycles. The lowest BCUT2D eigenvalue weighted by Crippen LogP contribution is -2.41. The molecule has 2 rings (SSSR count). The molecule has 0 fully saturated rings. The van der Waals surface area contributed by atoms with Crippen LogP contribution < -0.4 is 16.2 Å². The molecule has 0 unspecified atom stereocenters. The van der Waals surface area contributed by atoms with Gasteiger partial charge in [-0.3, -0.25) is 16.9 Å². The van der Waals surface area contributed by atoms with Crippen molar-refractivity contribution in [1.82, 2.24) is 5.01 Å². The average molecular weight is 356 g/mol. The van der Waals surface area contributed by atoms with Gasteiger partial charge in [-0.05, 0) is 45.0 Å². The van der Waals surface area contributed by atoms with Crippen LogP contribution in [0, 0.1) is 5.41 Å². The van der Waals surface area contributed by atoms with E-state index in [1.807, 2.05) is 0 Å². The van der Waals surface area contributed by atoms with E-state index in [4.69, 9.17) is 21.6 Å². The Morgan fingerprint density at radius 2 is 1.72 bits per heavy atom. The van der Waals surface area contributed by atoms with Crippen molar-refractivity contribution in [2.24, 2.45) is 21.6 Å². The molecule has 136 valence electrons. The Morgan fingerprint density at radius 3 is 2.16 bits per heavy atom. The zero-order chi connectivity index (χ0) is 19.0. The summed E-state index contributed by atoms with van der Waals surface area (Å²) in [4.78, 5) is 3.95. The van der Waals surface area contributed by atoms with Crippen LogP contribution in [0.1, 0.15) is 20.8 Å². The van der Waals surface area contributed by atoms with Crippen molar-refractivity contribution in [3.05, 3.63) is 24.3 Å². The minimum Gasteiger partial charge on any atom is -0.463 e. The van der Waals surface area contributed by atoms with Crippen molar-refractivity contribution in [2.75, 3.05) is 0 Å². The summed E-state index contributed by atoms with van der Waals surface area (Å²) in [6.45, 7) is 4.97. The highest BCUT2D eigenvalue weighted by molar-refractivity contribution is 6.70. The Morgan fingerprint density at radius 1 is 1.16 bits per heavy atom.